The monoisotopic (exact) mass is 442 g/mol. The highest BCUT2D eigenvalue weighted by Gasteiger charge is 2.33. The summed E-state index contributed by atoms with van der Waals surface area (Å²) in [4.78, 5) is 12.4. The Kier molecular flexibility index (Phi) is 8.97. The van der Waals surface area contributed by atoms with Gasteiger partial charge in [-0.05, 0) is 68.4 Å². The van der Waals surface area contributed by atoms with E-state index in [0.717, 1.165) is 43.6 Å². The Labute approximate surface area is 182 Å². The topological polar surface area (TPSA) is 26.3 Å². The molecule has 2 fully saturated rings. The summed E-state index contributed by atoms with van der Waals surface area (Å²) in [7, 11) is 0. The first-order chi connectivity index (χ1) is 14.5. The van der Waals surface area contributed by atoms with Crippen LogP contribution in [0.2, 0.25) is 0 Å². The van der Waals surface area contributed by atoms with E-state index in [9.17, 15) is 18.0 Å². The van der Waals surface area contributed by atoms with Crippen molar-refractivity contribution in [3.05, 3.63) is 24.0 Å². The number of ether oxygens (including phenoxy) is 1. The third kappa shape index (κ3) is 6.66. The maximum atomic E-state index is 13.9. The highest BCUT2D eigenvalue weighted by atomic mass is 32.2. The molecule has 0 aromatic heterocycles. The highest BCUT2D eigenvalue weighted by Crippen LogP contribution is 2.42. The molecule has 0 saturated heterocycles. The quantitative estimate of drug-likeness (QED) is 0.233. The van der Waals surface area contributed by atoms with E-state index in [2.05, 4.69) is 6.92 Å². The number of benzene rings is 1. The molecule has 1 aromatic carbocycles. The number of esters is 1. The average molecular weight is 443 g/mol. The number of thioether (sulfide) groups is 1. The second kappa shape index (κ2) is 11.4. The lowest BCUT2D eigenvalue weighted by Gasteiger charge is -2.37. The van der Waals surface area contributed by atoms with Gasteiger partial charge in [0, 0.05) is 11.0 Å². The summed E-state index contributed by atoms with van der Waals surface area (Å²) >= 11 is 0.149. The standard InChI is InChI=1S/C24H33F3O2S/c1-2-3-4-16-5-7-17(8-6-16)18-9-11-19(12-10-18)23(28)29-20-13-14-22(21(25)15-20)30-24(26)27/h13-19,24H,2-12H2,1H3. The molecule has 0 N–H and O–H groups in total. The van der Waals surface area contributed by atoms with Crippen LogP contribution in [0, 0.1) is 29.5 Å². The molecule has 2 aliphatic carbocycles. The molecule has 0 unspecified atom stereocenters. The predicted octanol–water partition coefficient (Wildman–Crippen LogP) is 7.85. The van der Waals surface area contributed by atoms with E-state index < -0.39 is 11.6 Å². The molecule has 0 atom stereocenters. The third-order valence-corrected chi connectivity index (χ3v) is 7.73. The van der Waals surface area contributed by atoms with Crippen LogP contribution in [0.1, 0.15) is 77.6 Å². The van der Waals surface area contributed by atoms with Crippen LogP contribution in [0.15, 0.2) is 23.1 Å². The summed E-state index contributed by atoms with van der Waals surface area (Å²) in [6, 6.07) is 3.64. The fraction of sp³-hybridized carbons (Fsp3) is 0.708. The normalized spacial score (nSPS) is 27.2. The summed E-state index contributed by atoms with van der Waals surface area (Å²) < 4.78 is 44.1. The van der Waals surface area contributed by atoms with Crippen LogP contribution in [0.4, 0.5) is 13.2 Å². The van der Waals surface area contributed by atoms with E-state index in [4.69, 9.17) is 4.74 Å². The molecule has 0 bridgehead atoms. The lowest BCUT2D eigenvalue weighted by Crippen LogP contribution is -2.30. The number of rotatable bonds is 8. The number of hydrogen-bond acceptors (Lipinski definition) is 3. The maximum Gasteiger partial charge on any atom is 0.314 e. The molecule has 2 saturated carbocycles. The van der Waals surface area contributed by atoms with Crippen LogP contribution in [0.5, 0.6) is 5.75 Å². The zero-order valence-electron chi connectivity index (χ0n) is 17.8. The first kappa shape index (κ1) is 23.5. The third-order valence-electron chi connectivity index (χ3n) is 6.97. The lowest BCUT2D eigenvalue weighted by molar-refractivity contribution is -0.140. The van der Waals surface area contributed by atoms with E-state index in [-0.39, 0.29) is 34.3 Å². The van der Waals surface area contributed by atoms with Gasteiger partial charge in [0.25, 0.3) is 5.76 Å². The zero-order chi connectivity index (χ0) is 21.5. The van der Waals surface area contributed by atoms with Crippen molar-refractivity contribution in [2.45, 2.75) is 88.2 Å². The van der Waals surface area contributed by atoms with Crippen molar-refractivity contribution in [2.24, 2.45) is 23.7 Å². The summed E-state index contributed by atoms with van der Waals surface area (Å²) in [5, 5.41) is 0. The number of carbonyl (C=O) groups excluding carboxylic acids is 1. The molecule has 1 aromatic rings. The Bertz CT molecular complexity index is 681. The molecule has 0 amide bonds. The van der Waals surface area contributed by atoms with Crippen LogP contribution in [-0.4, -0.2) is 11.7 Å². The fourth-order valence-corrected chi connectivity index (χ4v) is 5.71. The molecular weight excluding hydrogens is 409 g/mol. The molecule has 0 heterocycles. The predicted molar refractivity (Wildman–Crippen MR) is 114 cm³/mol. The minimum Gasteiger partial charge on any atom is -0.426 e. The van der Waals surface area contributed by atoms with Crippen molar-refractivity contribution in [3.8, 4) is 5.75 Å². The number of halogens is 3. The van der Waals surface area contributed by atoms with Gasteiger partial charge in [0.1, 0.15) is 11.6 Å². The average Bonchev–Trinajstić information content (AvgIpc) is 2.74. The second-order valence-electron chi connectivity index (χ2n) is 8.93. The SMILES string of the molecule is CCCCC1CCC(C2CCC(C(=O)Oc3ccc(SC(F)F)c(F)c3)CC2)CC1. The smallest absolute Gasteiger partial charge is 0.314 e. The Morgan fingerprint density at radius 1 is 1.07 bits per heavy atom. The van der Waals surface area contributed by atoms with E-state index in [1.807, 2.05) is 0 Å². The largest absolute Gasteiger partial charge is 0.426 e. The molecule has 30 heavy (non-hydrogen) atoms. The van der Waals surface area contributed by atoms with Crippen molar-refractivity contribution in [1.82, 2.24) is 0 Å². The summed E-state index contributed by atoms with van der Waals surface area (Å²) in [5.74, 6) is -1.44. The Balaban J connectivity index is 1.43. The van der Waals surface area contributed by atoms with Gasteiger partial charge in [0.15, 0.2) is 0 Å². The molecular formula is C24H33F3O2S. The van der Waals surface area contributed by atoms with E-state index in [1.54, 1.807) is 0 Å². The van der Waals surface area contributed by atoms with Gasteiger partial charge in [-0.15, -0.1) is 0 Å². The van der Waals surface area contributed by atoms with E-state index in [0.29, 0.717) is 5.92 Å². The number of unbranched alkanes of at least 4 members (excludes halogenated alkanes) is 1. The van der Waals surface area contributed by atoms with Gasteiger partial charge >= 0.3 is 5.97 Å². The van der Waals surface area contributed by atoms with Gasteiger partial charge in [0.2, 0.25) is 0 Å². The number of hydrogen-bond donors (Lipinski definition) is 0. The molecule has 6 heteroatoms. The van der Waals surface area contributed by atoms with Gasteiger partial charge in [0.05, 0.1) is 5.92 Å². The molecule has 0 spiro atoms. The van der Waals surface area contributed by atoms with Crippen LogP contribution < -0.4 is 4.74 Å². The van der Waals surface area contributed by atoms with Crippen LogP contribution in [-0.2, 0) is 4.79 Å². The van der Waals surface area contributed by atoms with Crippen molar-refractivity contribution < 1.29 is 22.7 Å². The van der Waals surface area contributed by atoms with Crippen molar-refractivity contribution >= 4 is 17.7 Å². The molecule has 3 rings (SSSR count). The molecule has 2 nitrogen and oxygen atoms in total. The summed E-state index contributed by atoms with van der Waals surface area (Å²) in [6.45, 7) is 2.26. The van der Waals surface area contributed by atoms with Crippen LogP contribution in [0.3, 0.4) is 0 Å². The van der Waals surface area contributed by atoms with Crippen molar-refractivity contribution in [1.29, 1.82) is 0 Å². The minimum absolute atomic E-state index is 0.0867. The molecule has 2 aliphatic rings. The van der Waals surface area contributed by atoms with E-state index >= 15 is 0 Å². The second-order valence-corrected chi connectivity index (χ2v) is 9.96. The Morgan fingerprint density at radius 2 is 1.70 bits per heavy atom. The van der Waals surface area contributed by atoms with Crippen LogP contribution in [0.25, 0.3) is 0 Å². The van der Waals surface area contributed by atoms with Crippen molar-refractivity contribution in [2.75, 3.05) is 0 Å². The number of carbonyl (C=O) groups is 1. The maximum absolute atomic E-state index is 13.9. The van der Waals surface area contributed by atoms with Gasteiger partial charge in [-0.2, -0.15) is 8.78 Å². The fourth-order valence-electron chi connectivity index (χ4n) is 5.20. The zero-order valence-corrected chi connectivity index (χ0v) is 18.6. The first-order valence-electron chi connectivity index (χ1n) is 11.4. The molecule has 0 radical (unpaired) electrons. The van der Waals surface area contributed by atoms with Crippen LogP contribution >= 0.6 is 11.8 Å². The molecule has 0 aliphatic heterocycles. The minimum atomic E-state index is -2.69. The van der Waals surface area contributed by atoms with Gasteiger partial charge in [-0.3, -0.25) is 4.79 Å². The number of alkyl halides is 2. The van der Waals surface area contributed by atoms with Gasteiger partial charge in [-0.1, -0.05) is 50.8 Å². The van der Waals surface area contributed by atoms with Gasteiger partial charge < -0.3 is 4.74 Å². The first-order valence-corrected chi connectivity index (χ1v) is 12.3. The summed E-state index contributed by atoms with van der Waals surface area (Å²) in [6.07, 6.45) is 13.1. The highest BCUT2D eigenvalue weighted by molar-refractivity contribution is 7.99. The van der Waals surface area contributed by atoms with E-state index in [1.165, 1.54) is 57.1 Å². The summed E-state index contributed by atoms with van der Waals surface area (Å²) in [5.41, 5.74) is 0. The lowest BCUT2D eigenvalue weighted by atomic mass is 9.68. The Hall–Kier alpha value is -1.17. The Morgan fingerprint density at radius 3 is 2.27 bits per heavy atom. The van der Waals surface area contributed by atoms with Crippen molar-refractivity contribution in [3.63, 3.8) is 0 Å². The van der Waals surface area contributed by atoms with Gasteiger partial charge in [-0.25, -0.2) is 4.39 Å². The molecule has 168 valence electrons.